The van der Waals surface area contributed by atoms with E-state index in [0.29, 0.717) is 21.8 Å². The topological polar surface area (TPSA) is 63.7 Å². The molecular formula is C20H13ClN4O. The average molecular weight is 361 g/mol. The van der Waals surface area contributed by atoms with Gasteiger partial charge >= 0.3 is 0 Å². The van der Waals surface area contributed by atoms with Crippen molar-refractivity contribution >= 4 is 22.6 Å². The Labute approximate surface area is 155 Å². The third kappa shape index (κ3) is 2.57. The van der Waals surface area contributed by atoms with E-state index in [4.69, 9.17) is 16.3 Å². The normalized spacial score (nSPS) is 10.7. The van der Waals surface area contributed by atoms with Crippen LogP contribution in [0.25, 0.3) is 28.0 Å². The summed E-state index contributed by atoms with van der Waals surface area (Å²) in [6, 6.07) is 17.3. The summed E-state index contributed by atoms with van der Waals surface area (Å²) < 4.78 is 7.19. The Kier molecular flexibility index (Phi) is 4.04. The number of nitrogens with zero attached hydrogens (tertiary/aromatic N) is 4. The van der Waals surface area contributed by atoms with E-state index in [1.165, 1.54) is 6.33 Å². The maximum absolute atomic E-state index is 9.53. The molecular weight excluding hydrogens is 348 g/mol. The molecule has 2 heterocycles. The molecule has 0 bridgehead atoms. The quantitative estimate of drug-likeness (QED) is 0.534. The Hall–Kier alpha value is -3.36. The first-order chi connectivity index (χ1) is 12.7. The molecule has 0 atom stereocenters. The molecule has 0 aliphatic rings. The molecule has 0 saturated heterocycles. The molecule has 4 aromatic rings. The van der Waals surface area contributed by atoms with Gasteiger partial charge in [0, 0.05) is 11.8 Å². The van der Waals surface area contributed by atoms with Crippen molar-refractivity contribution in [3.05, 3.63) is 71.6 Å². The minimum atomic E-state index is 0.464. The Morgan fingerprint density at radius 1 is 1.12 bits per heavy atom. The molecule has 0 unspecified atom stereocenters. The molecule has 2 aromatic carbocycles. The van der Waals surface area contributed by atoms with Gasteiger partial charge in [-0.2, -0.15) is 5.26 Å². The van der Waals surface area contributed by atoms with Crippen LogP contribution in [-0.2, 0) is 0 Å². The molecule has 0 amide bonds. The van der Waals surface area contributed by atoms with Gasteiger partial charge in [0.05, 0.1) is 34.6 Å². The van der Waals surface area contributed by atoms with Gasteiger partial charge < -0.3 is 9.30 Å². The number of hydrogen-bond acceptors (Lipinski definition) is 4. The van der Waals surface area contributed by atoms with Crippen LogP contribution in [0.5, 0.6) is 5.75 Å². The number of methoxy groups -OCH3 is 1. The van der Waals surface area contributed by atoms with Crippen LogP contribution in [0.2, 0.25) is 5.02 Å². The Balaban J connectivity index is 2.08. The zero-order chi connectivity index (χ0) is 18.1. The minimum absolute atomic E-state index is 0.464. The summed E-state index contributed by atoms with van der Waals surface area (Å²) in [4.78, 5) is 8.80. The van der Waals surface area contributed by atoms with Gasteiger partial charge in [0.25, 0.3) is 0 Å². The zero-order valence-corrected chi connectivity index (χ0v) is 14.6. The van der Waals surface area contributed by atoms with E-state index >= 15 is 0 Å². The molecule has 0 saturated carbocycles. The lowest BCUT2D eigenvalue weighted by Crippen LogP contribution is -1.97. The molecule has 26 heavy (non-hydrogen) atoms. The number of para-hydroxylation sites is 1. The number of benzene rings is 2. The first-order valence-corrected chi connectivity index (χ1v) is 8.26. The van der Waals surface area contributed by atoms with Crippen LogP contribution in [0.4, 0.5) is 0 Å². The molecule has 0 fully saturated rings. The minimum Gasteiger partial charge on any atom is -0.497 e. The van der Waals surface area contributed by atoms with Gasteiger partial charge in [-0.15, -0.1) is 0 Å². The first kappa shape index (κ1) is 16.1. The first-order valence-electron chi connectivity index (χ1n) is 7.88. The van der Waals surface area contributed by atoms with Gasteiger partial charge in [-0.05, 0) is 24.3 Å². The third-order valence-corrected chi connectivity index (χ3v) is 4.47. The summed E-state index contributed by atoms with van der Waals surface area (Å²) in [6.45, 7) is 0. The second kappa shape index (κ2) is 6.51. The van der Waals surface area contributed by atoms with Crippen LogP contribution < -0.4 is 4.74 Å². The molecule has 0 N–H and O–H groups in total. The predicted octanol–water partition coefficient (Wildman–Crippen LogP) is 4.62. The van der Waals surface area contributed by atoms with Crippen molar-refractivity contribution < 1.29 is 4.74 Å². The van der Waals surface area contributed by atoms with Gasteiger partial charge in [-0.1, -0.05) is 35.9 Å². The van der Waals surface area contributed by atoms with Crippen LogP contribution in [0.3, 0.4) is 0 Å². The highest BCUT2D eigenvalue weighted by atomic mass is 35.5. The third-order valence-electron chi connectivity index (χ3n) is 4.15. The van der Waals surface area contributed by atoms with Crippen LogP contribution >= 0.6 is 11.6 Å². The predicted molar refractivity (Wildman–Crippen MR) is 101 cm³/mol. The molecule has 6 heteroatoms. The summed E-state index contributed by atoms with van der Waals surface area (Å²) >= 11 is 6.39. The fourth-order valence-corrected chi connectivity index (χ4v) is 3.19. The van der Waals surface area contributed by atoms with E-state index < -0.39 is 0 Å². The van der Waals surface area contributed by atoms with E-state index in [-0.39, 0.29) is 0 Å². The average Bonchev–Trinajstić information content (AvgIpc) is 3.07. The fourth-order valence-electron chi connectivity index (χ4n) is 2.96. The molecule has 5 nitrogen and oxygen atoms in total. The summed E-state index contributed by atoms with van der Waals surface area (Å²) in [7, 11) is 1.62. The van der Waals surface area contributed by atoms with Gasteiger partial charge in [0.15, 0.2) is 0 Å². The van der Waals surface area contributed by atoms with E-state index in [2.05, 4.69) is 16.0 Å². The van der Waals surface area contributed by atoms with Crippen molar-refractivity contribution in [1.82, 2.24) is 14.5 Å². The smallest absolute Gasteiger partial charge is 0.119 e. The van der Waals surface area contributed by atoms with Crippen molar-refractivity contribution in [2.24, 2.45) is 0 Å². The summed E-state index contributed by atoms with van der Waals surface area (Å²) in [5.74, 6) is 0.727. The van der Waals surface area contributed by atoms with Crippen molar-refractivity contribution in [3.8, 4) is 28.8 Å². The van der Waals surface area contributed by atoms with Crippen LogP contribution in [-0.4, -0.2) is 21.6 Å². The second-order valence-electron chi connectivity index (χ2n) is 5.63. The number of aromatic nitrogens is 3. The Morgan fingerprint density at radius 2 is 1.96 bits per heavy atom. The number of hydrogen-bond donors (Lipinski definition) is 0. The Bertz CT molecular complexity index is 1160. The molecule has 0 aliphatic heterocycles. The van der Waals surface area contributed by atoms with E-state index in [1.54, 1.807) is 13.3 Å². The van der Waals surface area contributed by atoms with Crippen LogP contribution in [0, 0.1) is 11.3 Å². The zero-order valence-electron chi connectivity index (χ0n) is 13.8. The van der Waals surface area contributed by atoms with Gasteiger partial charge in [-0.3, -0.25) is 0 Å². The van der Waals surface area contributed by atoms with E-state index in [9.17, 15) is 5.26 Å². The van der Waals surface area contributed by atoms with Gasteiger partial charge in [-0.25, -0.2) is 9.97 Å². The standard InChI is InChI=1S/C20H13ClN4O/c1-26-15-6-4-5-13(9-15)18-20-19(24-12-23-18)14(10-22)11-25(20)17-8-3-2-7-16(17)21/h2-9,11-12H,1H3. The number of nitriles is 1. The van der Waals surface area contributed by atoms with Crippen LogP contribution in [0.1, 0.15) is 5.56 Å². The molecule has 126 valence electrons. The molecule has 0 radical (unpaired) electrons. The van der Waals surface area contributed by atoms with Crippen LogP contribution in [0.15, 0.2) is 61.1 Å². The van der Waals surface area contributed by atoms with Crippen molar-refractivity contribution in [3.63, 3.8) is 0 Å². The van der Waals surface area contributed by atoms with Crippen molar-refractivity contribution in [2.45, 2.75) is 0 Å². The summed E-state index contributed by atoms with van der Waals surface area (Å²) in [5, 5.41) is 10.1. The SMILES string of the molecule is COc1cccc(-c2ncnc3c(C#N)cn(-c4ccccc4Cl)c23)c1. The number of ether oxygens (including phenoxy) is 1. The molecule has 0 aliphatic carbocycles. The fraction of sp³-hybridized carbons (Fsp3) is 0.0500. The Morgan fingerprint density at radius 3 is 2.73 bits per heavy atom. The molecule has 2 aromatic heterocycles. The summed E-state index contributed by atoms with van der Waals surface area (Å²) in [5.41, 5.74) is 4.11. The molecule has 4 rings (SSSR count). The monoisotopic (exact) mass is 360 g/mol. The lowest BCUT2D eigenvalue weighted by Gasteiger charge is -2.11. The van der Waals surface area contributed by atoms with E-state index in [0.717, 1.165) is 22.5 Å². The van der Waals surface area contributed by atoms with Gasteiger partial charge in [0.1, 0.15) is 23.7 Å². The highest BCUT2D eigenvalue weighted by Crippen LogP contribution is 2.33. The lowest BCUT2D eigenvalue weighted by molar-refractivity contribution is 0.415. The van der Waals surface area contributed by atoms with Crippen molar-refractivity contribution in [1.29, 1.82) is 5.26 Å². The second-order valence-corrected chi connectivity index (χ2v) is 6.03. The van der Waals surface area contributed by atoms with Gasteiger partial charge in [0.2, 0.25) is 0 Å². The highest BCUT2D eigenvalue weighted by Gasteiger charge is 2.18. The lowest BCUT2D eigenvalue weighted by atomic mass is 10.1. The number of rotatable bonds is 3. The molecule has 0 spiro atoms. The number of fused-ring (bicyclic) bond motifs is 1. The number of halogens is 1. The maximum Gasteiger partial charge on any atom is 0.119 e. The summed E-state index contributed by atoms with van der Waals surface area (Å²) in [6.07, 6.45) is 3.21. The highest BCUT2D eigenvalue weighted by molar-refractivity contribution is 6.32. The van der Waals surface area contributed by atoms with E-state index in [1.807, 2.05) is 53.1 Å². The van der Waals surface area contributed by atoms with Crippen molar-refractivity contribution in [2.75, 3.05) is 7.11 Å². The maximum atomic E-state index is 9.53. The largest absolute Gasteiger partial charge is 0.497 e.